The van der Waals surface area contributed by atoms with E-state index in [0.717, 1.165) is 5.56 Å². The Bertz CT molecular complexity index is 670. The minimum atomic E-state index is -3.85. The number of rotatable bonds is 4. The summed E-state index contributed by atoms with van der Waals surface area (Å²) in [5, 5.41) is 0. The second kappa shape index (κ2) is 5.24. The van der Waals surface area contributed by atoms with Crippen LogP contribution in [-0.2, 0) is 14.9 Å². The van der Waals surface area contributed by atoms with Crippen LogP contribution in [0.2, 0.25) is 0 Å². The van der Waals surface area contributed by atoms with Gasteiger partial charge in [0.15, 0.2) is 0 Å². The minimum Gasteiger partial charge on any atom is -0.379 e. The van der Waals surface area contributed by atoms with E-state index in [9.17, 15) is 13.2 Å². The first kappa shape index (κ1) is 13.3. The molecule has 4 nitrogen and oxygen atoms in total. The summed E-state index contributed by atoms with van der Waals surface area (Å²) >= 11 is 0. The van der Waals surface area contributed by atoms with Gasteiger partial charge in [0, 0.05) is 5.56 Å². The van der Waals surface area contributed by atoms with Gasteiger partial charge in [0.2, 0.25) is 6.29 Å². The second-order valence-corrected chi connectivity index (χ2v) is 5.52. The molecule has 0 fully saturated rings. The molecule has 1 radical (unpaired) electrons. The van der Waals surface area contributed by atoms with Crippen LogP contribution in [0.15, 0.2) is 53.4 Å². The van der Waals surface area contributed by atoms with E-state index < -0.39 is 10.1 Å². The van der Waals surface area contributed by atoms with Gasteiger partial charge >= 0.3 is 10.1 Å². The first-order valence-electron chi connectivity index (χ1n) is 5.51. The Hall–Kier alpha value is -2.14. The fourth-order valence-corrected chi connectivity index (χ4v) is 2.39. The molecule has 0 atom stereocenters. The van der Waals surface area contributed by atoms with E-state index in [0.29, 0.717) is 5.56 Å². The zero-order valence-corrected chi connectivity index (χ0v) is 11.0. The molecule has 2 aromatic carbocycles. The summed E-state index contributed by atoms with van der Waals surface area (Å²) in [5.74, 6) is 0.152. The molecule has 0 heterocycles. The lowest BCUT2D eigenvalue weighted by molar-refractivity contribution is 0.486. The van der Waals surface area contributed by atoms with Crippen molar-refractivity contribution < 1.29 is 17.4 Å². The third kappa shape index (κ3) is 3.20. The van der Waals surface area contributed by atoms with Crippen molar-refractivity contribution in [3.8, 4) is 5.75 Å². The van der Waals surface area contributed by atoms with Crippen molar-refractivity contribution in [2.24, 2.45) is 0 Å². The minimum absolute atomic E-state index is 0.0872. The summed E-state index contributed by atoms with van der Waals surface area (Å²) in [6, 6.07) is 12.1. The summed E-state index contributed by atoms with van der Waals surface area (Å²) in [6.07, 6.45) is 1.70. The third-order valence-corrected chi connectivity index (χ3v) is 3.75. The zero-order valence-electron chi connectivity index (χ0n) is 10.2. The molecule has 0 N–H and O–H groups in total. The summed E-state index contributed by atoms with van der Waals surface area (Å²) in [4.78, 5) is 10.5. The predicted octanol–water partition coefficient (Wildman–Crippen LogP) is 2.22. The summed E-state index contributed by atoms with van der Waals surface area (Å²) in [5.41, 5.74) is 1.30. The van der Waals surface area contributed by atoms with Gasteiger partial charge in [0.05, 0.1) is 0 Å². The molecule has 2 rings (SSSR count). The van der Waals surface area contributed by atoms with Gasteiger partial charge in [-0.2, -0.15) is 8.42 Å². The standard InChI is InChI=1S/C14H11O4S/c1-11-2-8-14(9-3-11)19(16,17)18-13-6-4-12(10-15)5-7-13/h2-9H,1H3. The van der Waals surface area contributed by atoms with Crippen LogP contribution >= 0.6 is 0 Å². The lowest BCUT2D eigenvalue weighted by Crippen LogP contribution is -2.09. The fourth-order valence-electron chi connectivity index (χ4n) is 1.46. The Kier molecular flexibility index (Phi) is 3.66. The molecule has 5 heteroatoms. The van der Waals surface area contributed by atoms with Gasteiger partial charge in [0.25, 0.3) is 0 Å². The zero-order chi connectivity index (χ0) is 13.9. The number of hydrogen-bond donors (Lipinski definition) is 0. The molecule has 0 bridgehead atoms. The number of hydrogen-bond acceptors (Lipinski definition) is 4. The van der Waals surface area contributed by atoms with Gasteiger partial charge in [0.1, 0.15) is 10.6 Å². The molecule has 0 spiro atoms. The van der Waals surface area contributed by atoms with Gasteiger partial charge in [-0.25, -0.2) is 0 Å². The van der Waals surface area contributed by atoms with Crippen LogP contribution in [0.3, 0.4) is 0 Å². The molecular weight excluding hydrogens is 264 g/mol. The smallest absolute Gasteiger partial charge is 0.339 e. The molecular formula is C14H11O4S. The summed E-state index contributed by atoms with van der Waals surface area (Å²) in [7, 11) is -3.85. The molecule has 0 aliphatic rings. The van der Waals surface area contributed by atoms with Crippen molar-refractivity contribution in [1.82, 2.24) is 0 Å². The SMILES string of the molecule is Cc1ccc(S(=O)(=O)Oc2ccc([C]=O)cc2)cc1. The topological polar surface area (TPSA) is 60.4 Å². The predicted molar refractivity (Wildman–Crippen MR) is 70.2 cm³/mol. The van der Waals surface area contributed by atoms with Gasteiger partial charge in [-0.15, -0.1) is 0 Å². The Labute approximate surface area is 111 Å². The average molecular weight is 275 g/mol. The van der Waals surface area contributed by atoms with Crippen LogP contribution in [0.4, 0.5) is 0 Å². The van der Waals surface area contributed by atoms with Gasteiger partial charge in [-0.3, -0.25) is 4.79 Å². The lowest BCUT2D eigenvalue weighted by Gasteiger charge is -2.07. The van der Waals surface area contributed by atoms with Crippen LogP contribution in [-0.4, -0.2) is 14.7 Å². The molecule has 0 aromatic heterocycles. The molecule has 0 unspecified atom stereocenters. The molecule has 0 saturated heterocycles. The van der Waals surface area contributed by atoms with Crippen molar-refractivity contribution in [2.75, 3.05) is 0 Å². The molecule has 0 saturated carbocycles. The van der Waals surface area contributed by atoms with Crippen LogP contribution in [0.25, 0.3) is 0 Å². The van der Waals surface area contributed by atoms with E-state index in [1.165, 1.54) is 36.4 Å². The van der Waals surface area contributed by atoms with Gasteiger partial charge in [-0.05, 0) is 43.3 Å². The highest BCUT2D eigenvalue weighted by atomic mass is 32.2. The molecule has 0 amide bonds. The Morgan fingerprint density at radius 2 is 1.53 bits per heavy atom. The number of benzene rings is 2. The van der Waals surface area contributed by atoms with Crippen LogP contribution in [0.1, 0.15) is 11.1 Å². The number of carbonyl (C=O) groups excluding carboxylic acids is 1. The van der Waals surface area contributed by atoms with Crippen molar-refractivity contribution >= 4 is 16.4 Å². The van der Waals surface area contributed by atoms with E-state index in [-0.39, 0.29) is 10.6 Å². The Balaban J connectivity index is 2.25. The highest BCUT2D eigenvalue weighted by molar-refractivity contribution is 7.87. The second-order valence-electron chi connectivity index (χ2n) is 3.98. The van der Waals surface area contributed by atoms with E-state index in [4.69, 9.17) is 4.18 Å². The third-order valence-electron chi connectivity index (χ3n) is 2.49. The molecule has 0 aliphatic carbocycles. The maximum atomic E-state index is 12.0. The molecule has 19 heavy (non-hydrogen) atoms. The van der Waals surface area contributed by atoms with Crippen molar-refractivity contribution in [3.63, 3.8) is 0 Å². The highest BCUT2D eigenvalue weighted by Crippen LogP contribution is 2.19. The maximum Gasteiger partial charge on any atom is 0.339 e. The van der Waals surface area contributed by atoms with Crippen molar-refractivity contribution in [3.05, 3.63) is 59.7 Å². The lowest BCUT2D eigenvalue weighted by atomic mass is 10.2. The number of aryl methyl sites for hydroxylation is 1. The highest BCUT2D eigenvalue weighted by Gasteiger charge is 2.16. The van der Waals surface area contributed by atoms with E-state index in [1.807, 2.05) is 6.92 Å². The van der Waals surface area contributed by atoms with Crippen LogP contribution < -0.4 is 4.18 Å². The van der Waals surface area contributed by atoms with Crippen molar-refractivity contribution in [1.29, 1.82) is 0 Å². The first-order chi connectivity index (χ1) is 9.01. The molecule has 2 aromatic rings. The Morgan fingerprint density at radius 3 is 2.05 bits per heavy atom. The average Bonchev–Trinajstić information content (AvgIpc) is 2.40. The monoisotopic (exact) mass is 275 g/mol. The molecule has 97 valence electrons. The van der Waals surface area contributed by atoms with Crippen LogP contribution in [0, 0.1) is 6.92 Å². The largest absolute Gasteiger partial charge is 0.379 e. The normalized spacial score (nSPS) is 11.0. The van der Waals surface area contributed by atoms with Gasteiger partial charge in [-0.1, -0.05) is 17.7 Å². The molecule has 0 aliphatic heterocycles. The van der Waals surface area contributed by atoms with E-state index >= 15 is 0 Å². The fraction of sp³-hybridized carbons (Fsp3) is 0.0714. The Morgan fingerprint density at radius 1 is 0.947 bits per heavy atom. The first-order valence-corrected chi connectivity index (χ1v) is 6.91. The summed E-state index contributed by atoms with van der Waals surface area (Å²) < 4.78 is 28.9. The van der Waals surface area contributed by atoms with E-state index in [1.54, 1.807) is 18.4 Å². The summed E-state index contributed by atoms with van der Waals surface area (Å²) in [6.45, 7) is 1.87. The van der Waals surface area contributed by atoms with E-state index in [2.05, 4.69) is 0 Å². The van der Waals surface area contributed by atoms with Gasteiger partial charge < -0.3 is 4.18 Å². The van der Waals surface area contributed by atoms with Crippen LogP contribution in [0.5, 0.6) is 5.75 Å². The van der Waals surface area contributed by atoms with Crippen molar-refractivity contribution in [2.45, 2.75) is 11.8 Å². The quantitative estimate of drug-likeness (QED) is 0.803. The maximum absolute atomic E-state index is 12.0.